The molecule has 5 rings (SSSR count). The topological polar surface area (TPSA) is 72.7 Å². The van der Waals surface area contributed by atoms with Crippen molar-refractivity contribution >= 4 is 6.03 Å². The van der Waals surface area contributed by atoms with E-state index in [1.165, 1.54) is 5.56 Å². The van der Waals surface area contributed by atoms with Crippen molar-refractivity contribution < 1.29 is 9.53 Å². The van der Waals surface area contributed by atoms with E-state index in [0.29, 0.717) is 17.2 Å². The summed E-state index contributed by atoms with van der Waals surface area (Å²) in [5.74, 6) is 1.18. The minimum atomic E-state index is -0.206. The standard InChI is InChI=1S/C31H35N5O2/c1-31(2,3)35-22-28(25-7-5-4-6-8-25)36(30(35)37)26-15-17-34(18-16-26)21-24-11-14-29(33-20-24)38-27-12-9-23(19-32)10-13-27/h4-14,20,26,28H,15-18,21-22H2,1-3H3. The van der Waals surface area contributed by atoms with Gasteiger partial charge in [0.25, 0.3) is 0 Å². The number of carbonyl (C=O) groups excluding carboxylic acids is 1. The van der Waals surface area contributed by atoms with Gasteiger partial charge in [-0.25, -0.2) is 9.78 Å². The highest BCUT2D eigenvalue weighted by molar-refractivity contribution is 5.79. The summed E-state index contributed by atoms with van der Waals surface area (Å²) in [6.45, 7) is 9.79. The first-order valence-corrected chi connectivity index (χ1v) is 13.3. The van der Waals surface area contributed by atoms with Gasteiger partial charge in [0.05, 0.1) is 17.7 Å². The van der Waals surface area contributed by atoms with Crippen molar-refractivity contribution in [1.29, 1.82) is 5.26 Å². The molecule has 2 amide bonds. The number of urea groups is 1. The van der Waals surface area contributed by atoms with Crippen LogP contribution in [0.1, 0.15) is 56.3 Å². The molecule has 2 aliphatic rings. The molecule has 3 aromatic rings. The fraction of sp³-hybridized carbons (Fsp3) is 0.387. The minimum absolute atomic E-state index is 0.0901. The van der Waals surface area contributed by atoms with E-state index in [-0.39, 0.29) is 23.7 Å². The van der Waals surface area contributed by atoms with Gasteiger partial charge >= 0.3 is 6.03 Å². The maximum Gasteiger partial charge on any atom is 0.321 e. The third-order valence-corrected chi connectivity index (χ3v) is 7.50. The lowest BCUT2D eigenvalue weighted by atomic mass is 9.98. The van der Waals surface area contributed by atoms with E-state index in [9.17, 15) is 4.79 Å². The van der Waals surface area contributed by atoms with Gasteiger partial charge in [0, 0.05) is 50.0 Å². The molecule has 0 radical (unpaired) electrons. The molecule has 0 spiro atoms. The van der Waals surface area contributed by atoms with Crippen LogP contribution in [0.2, 0.25) is 0 Å². The van der Waals surface area contributed by atoms with Gasteiger partial charge in [0.2, 0.25) is 5.88 Å². The van der Waals surface area contributed by atoms with Crippen molar-refractivity contribution in [2.24, 2.45) is 0 Å². The van der Waals surface area contributed by atoms with Crippen LogP contribution >= 0.6 is 0 Å². The molecule has 2 aromatic carbocycles. The van der Waals surface area contributed by atoms with Crippen molar-refractivity contribution in [2.75, 3.05) is 19.6 Å². The summed E-state index contributed by atoms with van der Waals surface area (Å²) in [6, 6.07) is 24.0. The number of hydrogen-bond acceptors (Lipinski definition) is 5. The van der Waals surface area contributed by atoms with Gasteiger partial charge in [-0.15, -0.1) is 0 Å². The zero-order valence-corrected chi connectivity index (χ0v) is 22.4. The van der Waals surface area contributed by atoms with E-state index in [4.69, 9.17) is 10.00 Å². The summed E-state index contributed by atoms with van der Waals surface area (Å²) >= 11 is 0. The Morgan fingerprint density at radius 1 is 1.00 bits per heavy atom. The van der Waals surface area contributed by atoms with E-state index < -0.39 is 0 Å². The fourth-order valence-electron chi connectivity index (χ4n) is 5.42. The Labute approximate surface area is 225 Å². The highest BCUT2D eigenvalue weighted by atomic mass is 16.5. The second-order valence-electron chi connectivity index (χ2n) is 11.1. The summed E-state index contributed by atoms with van der Waals surface area (Å²) < 4.78 is 5.81. The normalized spacial score (nSPS) is 19.0. The van der Waals surface area contributed by atoms with Crippen LogP contribution in [0.3, 0.4) is 0 Å². The molecule has 1 atom stereocenters. The molecule has 1 unspecified atom stereocenters. The molecule has 0 saturated carbocycles. The summed E-state index contributed by atoms with van der Waals surface area (Å²) in [7, 11) is 0. The molecule has 2 aliphatic heterocycles. The molecule has 196 valence electrons. The van der Waals surface area contributed by atoms with Crippen molar-refractivity contribution in [1.82, 2.24) is 19.7 Å². The van der Waals surface area contributed by atoms with Crippen LogP contribution in [0.25, 0.3) is 0 Å². The number of hydrogen-bond donors (Lipinski definition) is 0. The lowest BCUT2D eigenvalue weighted by Crippen LogP contribution is -2.49. The first-order chi connectivity index (χ1) is 18.3. The Morgan fingerprint density at radius 2 is 1.71 bits per heavy atom. The molecule has 38 heavy (non-hydrogen) atoms. The monoisotopic (exact) mass is 509 g/mol. The first-order valence-electron chi connectivity index (χ1n) is 13.3. The summed E-state index contributed by atoms with van der Waals surface area (Å²) in [4.78, 5) is 24.7. The predicted molar refractivity (Wildman–Crippen MR) is 147 cm³/mol. The van der Waals surface area contributed by atoms with Gasteiger partial charge < -0.3 is 14.5 Å². The van der Waals surface area contributed by atoms with E-state index in [1.54, 1.807) is 24.3 Å². The third-order valence-electron chi connectivity index (χ3n) is 7.50. The van der Waals surface area contributed by atoms with Crippen LogP contribution < -0.4 is 4.74 Å². The number of benzene rings is 2. The SMILES string of the molecule is CC(C)(C)N1CC(c2ccccc2)N(C2CCN(Cc3ccc(Oc4ccc(C#N)cc4)nc3)CC2)C1=O. The van der Waals surface area contributed by atoms with Crippen LogP contribution in [0, 0.1) is 11.3 Å². The Hall–Kier alpha value is -3.89. The largest absolute Gasteiger partial charge is 0.439 e. The molecule has 0 N–H and O–H groups in total. The third kappa shape index (κ3) is 5.66. The van der Waals surface area contributed by atoms with Crippen molar-refractivity contribution in [3.63, 3.8) is 0 Å². The first kappa shape index (κ1) is 25.7. The minimum Gasteiger partial charge on any atom is -0.439 e. The van der Waals surface area contributed by atoms with Gasteiger partial charge in [-0.3, -0.25) is 4.90 Å². The van der Waals surface area contributed by atoms with Crippen molar-refractivity contribution in [3.8, 4) is 17.7 Å². The number of nitrogens with zero attached hydrogens (tertiary/aromatic N) is 5. The van der Waals surface area contributed by atoms with E-state index >= 15 is 0 Å². The maximum atomic E-state index is 13.6. The van der Waals surface area contributed by atoms with Gasteiger partial charge in [0.1, 0.15) is 5.75 Å². The molecule has 0 aliphatic carbocycles. The van der Waals surface area contributed by atoms with E-state index in [1.807, 2.05) is 23.2 Å². The smallest absolute Gasteiger partial charge is 0.321 e. The molecular weight excluding hydrogens is 474 g/mol. The van der Waals surface area contributed by atoms with Crippen LogP contribution in [0.4, 0.5) is 4.79 Å². The van der Waals surface area contributed by atoms with Crippen molar-refractivity contribution in [2.45, 2.75) is 57.8 Å². The quantitative estimate of drug-likeness (QED) is 0.408. The number of aromatic nitrogens is 1. The van der Waals surface area contributed by atoms with Crippen LogP contribution in [-0.2, 0) is 6.54 Å². The number of likely N-dealkylation sites (tertiary alicyclic amines) is 1. The molecular formula is C31H35N5O2. The molecule has 7 heteroatoms. The number of carbonyl (C=O) groups is 1. The Bertz CT molecular complexity index is 1270. The van der Waals surface area contributed by atoms with Crippen LogP contribution in [0.15, 0.2) is 72.9 Å². The number of ether oxygens (including phenoxy) is 1. The lowest BCUT2D eigenvalue weighted by molar-refractivity contribution is 0.105. The molecule has 2 saturated heterocycles. The number of rotatable bonds is 6. The highest BCUT2D eigenvalue weighted by Crippen LogP contribution is 2.37. The average molecular weight is 510 g/mol. The number of piperidine rings is 1. The van der Waals surface area contributed by atoms with Gasteiger partial charge in [0.15, 0.2) is 0 Å². The fourth-order valence-corrected chi connectivity index (χ4v) is 5.42. The lowest BCUT2D eigenvalue weighted by Gasteiger charge is -2.39. The predicted octanol–water partition coefficient (Wildman–Crippen LogP) is 5.99. The zero-order chi connectivity index (χ0) is 26.7. The molecule has 0 bridgehead atoms. The molecule has 3 heterocycles. The Balaban J connectivity index is 1.19. The number of nitriles is 1. The van der Waals surface area contributed by atoms with Gasteiger partial charge in [-0.1, -0.05) is 36.4 Å². The van der Waals surface area contributed by atoms with Gasteiger partial charge in [-0.2, -0.15) is 5.26 Å². The average Bonchev–Trinajstić information content (AvgIpc) is 3.29. The summed E-state index contributed by atoms with van der Waals surface area (Å²) in [6.07, 6.45) is 3.78. The second kappa shape index (κ2) is 10.8. The van der Waals surface area contributed by atoms with Crippen molar-refractivity contribution in [3.05, 3.63) is 89.6 Å². The maximum absolute atomic E-state index is 13.6. The van der Waals surface area contributed by atoms with E-state index in [2.05, 4.69) is 72.0 Å². The molecule has 2 fully saturated rings. The summed E-state index contributed by atoms with van der Waals surface area (Å²) in [5.41, 5.74) is 2.74. The van der Waals surface area contributed by atoms with E-state index in [0.717, 1.165) is 44.6 Å². The Morgan fingerprint density at radius 3 is 2.32 bits per heavy atom. The number of pyridine rings is 1. The highest BCUT2D eigenvalue weighted by Gasteiger charge is 2.46. The second-order valence-corrected chi connectivity index (χ2v) is 11.1. The summed E-state index contributed by atoms with van der Waals surface area (Å²) in [5, 5.41) is 8.94. The molecule has 1 aromatic heterocycles. The van der Waals surface area contributed by atoms with Crippen LogP contribution in [0.5, 0.6) is 11.6 Å². The van der Waals surface area contributed by atoms with Crippen LogP contribution in [-0.4, -0.2) is 56.9 Å². The zero-order valence-electron chi connectivity index (χ0n) is 22.4. The Kier molecular flexibility index (Phi) is 7.35. The molecule has 7 nitrogen and oxygen atoms in total. The van der Waals surface area contributed by atoms with Gasteiger partial charge in [-0.05, 0) is 69.0 Å². The number of amides is 2.